The third kappa shape index (κ3) is 2.12. The Hall–Kier alpha value is -0.480. The molecule has 0 bridgehead atoms. The van der Waals surface area contributed by atoms with Crippen LogP contribution in [-0.4, -0.2) is 27.5 Å². The summed E-state index contributed by atoms with van der Waals surface area (Å²) in [6.07, 6.45) is 3.68. The van der Waals surface area contributed by atoms with E-state index < -0.39 is 0 Å². The number of rotatable bonds is 3. The minimum Gasteiger partial charge on any atom is -0.347 e. The van der Waals surface area contributed by atoms with Gasteiger partial charge in [-0.15, -0.1) is 0 Å². The van der Waals surface area contributed by atoms with E-state index in [4.69, 9.17) is 0 Å². The first kappa shape index (κ1) is 10.1. The highest BCUT2D eigenvalue weighted by Gasteiger charge is 2.25. The number of nitrogens with one attached hydrogen (secondary N) is 2. The molecule has 2 rings (SSSR count). The van der Waals surface area contributed by atoms with E-state index in [9.17, 15) is 0 Å². The molecule has 0 saturated carbocycles. The van der Waals surface area contributed by atoms with Crippen molar-refractivity contribution in [2.45, 2.75) is 25.9 Å². The van der Waals surface area contributed by atoms with Crippen molar-refractivity contribution in [3.63, 3.8) is 0 Å². The van der Waals surface area contributed by atoms with Gasteiger partial charge in [0.15, 0.2) is 0 Å². The Labute approximate surface area is 89.1 Å². The number of hydrogen-bond donors (Lipinski definition) is 2. The molecule has 0 aromatic carbocycles. The van der Waals surface area contributed by atoms with E-state index in [1.807, 2.05) is 18.0 Å². The largest absolute Gasteiger partial charge is 0.347 e. The average molecular weight is 211 g/mol. The molecular weight excluding hydrogens is 194 g/mol. The van der Waals surface area contributed by atoms with Crippen molar-refractivity contribution in [2.75, 3.05) is 11.5 Å². The molecular formula is C10H17N3S. The number of nitrogens with zero attached hydrogens (tertiary/aromatic N) is 1. The number of H-pyrrole nitrogens is 1. The zero-order valence-corrected chi connectivity index (χ0v) is 9.47. The Kier molecular flexibility index (Phi) is 3.13. The van der Waals surface area contributed by atoms with E-state index in [-0.39, 0.29) is 0 Å². The maximum absolute atomic E-state index is 4.26. The van der Waals surface area contributed by atoms with E-state index in [0.29, 0.717) is 12.1 Å². The van der Waals surface area contributed by atoms with Crippen LogP contribution in [0.5, 0.6) is 0 Å². The zero-order valence-electron chi connectivity index (χ0n) is 8.66. The van der Waals surface area contributed by atoms with Crippen molar-refractivity contribution < 1.29 is 0 Å². The first-order valence-electron chi connectivity index (χ1n) is 5.10. The molecule has 0 spiro atoms. The van der Waals surface area contributed by atoms with E-state index in [0.717, 1.165) is 11.7 Å². The molecule has 1 fully saturated rings. The van der Waals surface area contributed by atoms with E-state index in [2.05, 4.69) is 29.1 Å². The maximum atomic E-state index is 4.26. The molecule has 14 heavy (non-hydrogen) atoms. The van der Waals surface area contributed by atoms with Crippen LogP contribution in [-0.2, 0) is 0 Å². The zero-order chi connectivity index (χ0) is 9.97. The van der Waals surface area contributed by atoms with Crippen molar-refractivity contribution in [3.8, 4) is 0 Å². The minimum absolute atomic E-state index is 0.330. The Morgan fingerprint density at radius 3 is 3.07 bits per heavy atom. The van der Waals surface area contributed by atoms with Gasteiger partial charge in [0.2, 0.25) is 0 Å². The molecule has 4 heteroatoms. The summed E-state index contributed by atoms with van der Waals surface area (Å²) in [6.45, 7) is 4.47. The highest BCUT2D eigenvalue weighted by molar-refractivity contribution is 7.99. The molecule has 2 N–H and O–H groups in total. The van der Waals surface area contributed by atoms with Crippen molar-refractivity contribution in [3.05, 3.63) is 18.2 Å². The van der Waals surface area contributed by atoms with Gasteiger partial charge < -0.3 is 10.3 Å². The summed E-state index contributed by atoms with van der Waals surface area (Å²) >= 11 is 2.04. The summed E-state index contributed by atoms with van der Waals surface area (Å²) in [4.78, 5) is 7.40. The van der Waals surface area contributed by atoms with Crippen LogP contribution in [0.4, 0.5) is 0 Å². The standard InChI is InChI=1S/C10H17N3S/c1-7-5-14-6-9(7)13-8(2)10-11-3-4-12-10/h3-4,7-9,13H,5-6H2,1-2H3,(H,11,12). The molecule has 1 aromatic rings. The van der Waals surface area contributed by atoms with Crippen molar-refractivity contribution in [1.82, 2.24) is 15.3 Å². The number of aromatic amines is 1. The molecule has 1 aliphatic heterocycles. The monoisotopic (exact) mass is 211 g/mol. The molecule has 0 amide bonds. The molecule has 3 atom stereocenters. The highest BCUT2D eigenvalue weighted by Crippen LogP contribution is 2.25. The Balaban J connectivity index is 1.91. The summed E-state index contributed by atoms with van der Waals surface area (Å²) in [5.74, 6) is 4.32. The van der Waals surface area contributed by atoms with Gasteiger partial charge in [-0.2, -0.15) is 11.8 Å². The third-order valence-corrected chi connectivity index (χ3v) is 4.11. The first-order chi connectivity index (χ1) is 6.77. The van der Waals surface area contributed by atoms with Crippen LogP contribution >= 0.6 is 11.8 Å². The molecule has 1 aromatic heterocycles. The van der Waals surface area contributed by atoms with Gasteiger partial charge in [0.1, 0.15) is 5.82 Å². The summed E-state index contributed by atoms with van der Waals surface area (Å²) in [6, 6.07) is 0.969. The molecule has 78 valence electrons. The van der Waals surface area contributed by atoms with Crippen LogP contribution in [0.1, 0.15) is 25.7 Å². The smallest absolute Gasteiger partial charge is 0.122 e. The normalized spacial score (nSPS) is 29.3. The van der Waals surface area contributed by atoms with Crippen LogP contribution < -0.4 is 5.32 Å². The van der Waals surface area contributed by atoms with Gasteiger partial charge in [-0.25, -0.2) is 4.98 Å². The van der Waals surface area contributed by atoms with Crippen molar-refractivity contribution in [2.24, 2.45) is 5.92 Å². The quantitative estimate of drug-likeness (QED) is 0.801. The van der Waals surface area contributed by atoms with Gasteiger partial charge in [-0.05, 0) is 18.6 Å². The van der Waals surface area contributed by atoms with Crippen molar-refractivity contribution in [1.29, 1.82) is 0 Å². The lowest BCUT2D eigenvalue weighted by Gasteiger charge is -2.20. The van der Waals surface area contributed by atoms with Crippen LogP contribution in [0.15, 0.2) is 12.4 Å². The topological polar surface area (TPSA) is 40.7 Å². The SMILES string of the molecule is CC(NC1CSCC1C)c1ncc[nH]1. The van der Waals surface area contributed by atoms with Gasteiger partial charge in [0, 0.05) is 24.2 Å². The summed E-state index contributed by atoms with van der Waals surface area (Å²) in [5.41, 5.74) is 0. The Morgan fingerprint density at radius 2 is 2.50 bits per heavy atom. The molecule has 0 radical (unpaired) electrons. The first-order valence-corrected chi connectivity index (χ1v) is 6.26. The average Bonchev–Trinajstić information content (AvgIpc) is 2.77. The summed E-state index contributed by atoms with van der Waals surface area (Å²) < 4.78 is 0. The lowest BCUT2D eigenvalue weighted by Crippen LogP contribution is -2.36. The van der Waals surface area contributed by atoms with Crippen molar-refractivity contribution >= 4 is 11.8 Å². The van der Waals surface area contributed by atoms with Gasteiger partial charge in [0.25, 0.3) is 0 Å². The fourth-order valence-corrected chi connectivity index (χ4v) is 3.21. The van der Waals surface area contributed by atoms with Crippen LogP contribution in [0, 0.1) is 5.92 Å². The number of thioether (sulfide) groups is 1. The Morgan fingerprint density at radius 1 is 1.64 bits per heavy atom. The van der Waals surface area contributed by atoms with Crippen LogP contribution in [0.25, 0.3) is 0 Å². The number of imidazole rings is 1. The second-order valence-corrected chi connectivity index (χ2v) is 5.06. The second-order valence-electron chi connectivity index (χ2n) is 3.98. The predicted octanol–water partition coefficient (Wildman–Crippen LogP) is 1.81. The van der Waals surface area contributed by atoms with Gasteiger partial charge >= 0.3 is 0 Å². The predicted molar refractivity (Wildman–Crippen MR) is 60.4 cm³/mol. The number of aromatic nitrogens is 2. The summed E-state index contributed by atoms with van der Waals surface area (Å²) in [7, 11) is 0. The molecule has 1 aliphatic rings. The van der Waals surface area contributed by atoms with Crippen LogP contribution in [0.3, 0.4) is 0 Å². The third-order valence-electron chi connectivity index (χ3n) is 2.76. The fraction of sp³-hybridized carbons (Fsp3) is 0.700. The molecule has 1 saturated heterocycles. The minimum atomic E-state index is 0.330. The lowest BCUT2D eigenvalue weighted by molar-refractivity contribution is 0.403. The molecule has 3 unspecified atom stereocenters. The summed E-state index contributed by atoms with van der Waals surface area (Å²) in [5, 5.41) is 3.62. The Bertz CT molecular complexity index is 273. The van der Waals surface area contributed by atoms with Gasteiger partial charge in [-0.1, -0.05) is 6.92 Å². The molecule has 2 heterocycles. The maximum Gasteiger partial charge on any atom is 0.122 e. The molecule has 3 nitrogen and oxygen atoms in total. The highest BCUT2D eigenvalue weighted by atomic mass is 32.2. The van der Waals surface area contributed by atoms with E-state index >= 15 is 0 Å². The van der Waals surface area contributed by atoms with E-state index in [1.165, 1.54) is 11.5 Å². The van der Waals surface area contributed by atoms with E-state index in [1.54, 1.807) is 6.20 Å². The lowest BCUT2D eigenvalue weighted by atomic mass is 10.1. The van der Waals surface area contributed by atoms with Gasteiger partial charge in [-0.3, -0.25) is 0 Å². The number of hydrogen-bond acceptors (Lipinski definition) is 3. The van der Waals surface area contributed by atoms with Gasteiger partial charge in [0.05, 0.1) is 6.04 Å². The second kappa shape index (κ2) is 4.36. The fourth-order valence-electron chi connectivity index (χ4n) is 1.79. The van der Waals surface area contributed by atoms with Crippen LogP contribution in [0.2, 0.25) is 0 Å². The molecule has 0 aliphatic carbocycles.